The van der Waals surface area contributed by atoms with Gasteiger partial charge in [0.2, 0.25) is 0 Å². The van der Waals surface area contributed by atoms with Gasteiger partial charge in [-0.2, -0.15) is 0 Å². The lowest BCUT2D eigenvalue weighted by molar-refractivity contribution is 0.316. The van der Waals surface area contributed by atoms with Crippen LogP contribution in [0.3, 0.4) is 0 Å². The van der Waals surface area contributed by atoms with Crippen LogP contribution in [0, 0.1) is 0 Å². The van der Waals surface area contributed by atoms with Gasteiger partial charge in [-0.25, -0.2) is 9.97 Å². The number of thiophene rings is 1. The quantitative estimate of drug-likeness (QED) is 0.889. The third kappa shape index (κ3) is 3.04. The number of aromatic nitrogens is 2. The minimum absolute atomic E-state index is 0.943. The molecule has 0 atom stereocenters. The number of anilines is 1. The number of nitrogens with one attached hydrogen (secondary N) is 1. The highest BCUT2D eigenvalue weighted by Gasteiger charge is 2.19. The summed E-state index contributed by atoms with van der Waals surface area (Å²) in [4.78, 5) is 14.1. The zero-order valence-corrected chi connectivity index (χ0v) is 13.8. The van der Waals surface area contributed by atoms with Gasteiger partial charge in [-0.05, 0) is 44.3 Å². The summed E-state index contributed by atoms with van der Waals surface area (Å²) >= 11 is 1.86. The molecule has 0 aliphatic heterocycles. The summed E-state index contributed by atoms with van der Waals surface area (Å²) in [6.45, 7) is 8.63. The molecule has 0 saturated heterocycles. The number of fused-ring (bicyclic) bond motifs is 3. The van der Waals surface area contributed by atoms with Crippen LogP contribution in [0.4, 0.5) is 5.82 Å². The molecule has 4 nitrogen and oxygen atoms in total. The molecular weight excluding hydrogens is 280 g/mol. The molecule has 5 heteroatoms. The fourth-order valence-corrected chi connectivity index (χ4v) is 4.33. The molecule has 3 rings (SSSR count). The Balaban J connectivity index is 1.80. The van der Waals surface area contributed by atoms with Crippen molar-refractivity contribution in [1.82, 2.24) is 14.9 Å². The van der Waals surface area contributed by atoms with Gasteiger partial charge in [0.25, 0.3) is 0 Å². The van der Waals surface area contributed by atoms with Gasteiger partial charge in [-0.3, -0.25) is 0 Å². The van der Waals surface area contributed by atoms with Crippen molar-refractivity contribution >= 4 is 27.4 Å². The van der Waals surface area contributed by atoms with Gasteiger partial charge in [-0.1, -0.05) is 13.8 Å². The lowest BCUT2D eigenvalue weighted by Gasteiger charge is -2.18. The van der Waals surface area contributed by atoms with Crippen molar-refractivity contribution < 1.29 is 0 Å². The Hall–Kier alpha value is -1.20. The second-order valence-electron chi connectivity index (χ2n) is 5.57. The van der Waals surface area contributed by atoms with Crippen LogP contribution in [0.15, 0.2) is 6.33 Å². The Kier molecular flexibility index (Phi) is 4.70. The van der Waals surface area contributed by atoms with Crippen molar-refractivity contribution in [1.29, 1.82) is 0 Å². The van der Waals surface area contributed by atoms with E-state index in [-0.39, 0.29) is 0 Å². The lowest BCUT2D eigenvalue weighted by Crippen LogP contribution is -2.28. The van der Waals surface area contributed by atoms with E-state index in [2.05, 4.69) is 34.0 Å². The molecule has 0 amide bonds. The molecule has 0 saturated carbocycles. The van der Waals surface area contributed by atoms with Crippen molar-refractivity contribution in [2.24, 2.45) is 0 Å². The Morgan fingerprint density at radius 3 is 2.81 bits per heavy atom. The zero-order valence-electron chi connectivity index (χ0n) is 13.0. The maximum Gasteiger partial charge on any atom is 0.138 e. The molecule has 2 aromatic rings. The van der Waals surface area contributed by atoms with E-state index in [0.29, 0.717) is 0 Å². The molecule has 1 aliphatic rings. The average molecular weight is 304 g/mol. The van der Waals surface area contributed by atoms with Crippen molar-refractivity contribution in [3.63, 3.8) is 0 Å². The standard InChI is InChI=1S/C16H24N4S/c1-3-20(4-2)10-9-17-15-14-12-7-5-6-8-13(12)21-16(14)19-11-18-15/h11H,3-10H2,1-2H3,(H,17,18,19). The van der Waals surface area contributed by atoms with Gasteiger partial charge in [-0.15, -0.1) is 11.3 Å². The summed E-state index contributed by atoms with van der Waals surface area (Å²) < 4.78 is 0. The van der Waals surface area contributed by atoms with E-state index in [1.165, 1.54) is 41.5 Å². The van der Waals surface area contributed by atoms with E-state index in [1.54, 1.807) is 6.33 Å². The van der Waals surface area contributed by atoms with Crippen LogP contribution in [0.2, 0.25) is 0 Å². The molecule has 0 radical (unpaired) electrons. The van der Waals surface area contributed by atoms with Crippen LogP contribution in [0.5, 0.6) is 0 Å². The van der Waals surface area contributed by atoms with E-state index in [4.69, 9.17) is 0 Å². The fourth-order valence-electron chi connectivity index (χ4n) is 3.10. The first kappa shape index (κ1) is 14.7. The first-order valence-electron chi connectivity index (χ1n) is 8.05. The van der Waals surface area contributed by atoms with Gasteiger partial charge in [0.15, 0.2) is 0 Å². The summed E-state index contributed by atoms with van der Waals surface area (Å²) in [6, 6.07) is 0. The molecule has 0 spiro atoms. The Morgan fingerprint density at radius 1 is 1.19 bits per heavy atom. The van der Waals surface area contributed by atoms with Gasteiger partial charge in [0, 0.05) is 18.0 Å². The summed E-state index contributed by atoms with van der Waals surface area (Å²) in [5.74, 6) is 1.03. The minimum atomic E-state index is 0.943. The monoisotopic (exact) mass is 304 g/mol. The SMILES string of the molecule is CCN(CC)CCNc1ncnc2sc3c(c12)CCCC3. The molecule has 114 valence electrons. The fraction of sp³-hybridized carbons (Fsp3) is 0.625. The molecule has 21 heavy (non-hydrogen) atoms. The lowest BCUT2D eigenvalue weighted by atomic mass is 9.97. The van der Waals surface area contributed by atoms with Crippen LogP contribution < -0.4 is 5.32 Å². The summed E-state index contributed by atoms with van der Waals surface area (Å²) in [6.07, 6.45) is 6.72. The predicted octanol–water partition coefficient (Wildman–Crippen LogP) is 3.32. The summed E-state index contributed by atoms with van der Waals surface area (Å²) in [5.41, 5.74) is 1.51. The third-order valence-electron chi connectivity index (χ3n) is 4.37. The largest absolute Gasteiger partial charge is 0.368 e. The minimum Gasteiger partial charge on any atom is -0.368 e. The van der Waals surface area contributed by atoms with E-state index < -0.39 is 0 Å². The van der Waals surface area contributed by atoms with Gasteiger partial charge in [0.1, 0.15) is 17.0 Å². The number of hydrogen-bond donors (Lipinski definition) is 1. The van der Waals surface area contributed by atoms with Gasteiger partial charge >= 0.3 is 0 Å². The molecule has 0 bridgehead atoms. The number of rotatable bonds is 6. The highest BCUT2D eigenvalue weighted by molar-refractivity contribution is 7.19. The molecular formula is C16H24N4S. The predicted molar refractivity (Wildman–Crippen MR) is 90.3 cm³/mol. The molecule has 2 heterocycles. The number of nitrogens with zero attached hydrogens (tertiary/aromatic N) is 3. The van der Waals surface area contributed by atoms with Crippen LogP contribution in [0.1, 0.15) is 37.1 Å². The van der Waals surface area contributed by atoms with E-state index in [1.807, 2.05) is 11.3 Å². The van der Waals surface area contributed by atoms with E-state index in [9.17, 15) is 0 Å². The second-order valence-corrected chi connectivity index (χ2v) is 6.65. The molecule has 2 aromatic heterocycles. The molecule has 0 unspecified atom stereocenters. The number of aryl methyl sites for hydroxylation is 2. The topological polar surface area (TPSA) is 41.0 Å². The maximum absolute atomic E-state index is 4.50. The first-order chi connectivity index (χ1) is 10.3. The Morgan fingerprint density at radius 2 is 2.00 bits per heavy atom. The molecule has 1 aliphatic carbocycles. The van der Waals surface area contributed by atoms with Crippen molar-refractivity contribution in [3.8, 4) is 0 Å². The molecule has 0 aromatic carbocycles. The third-order valence-corrected chi connectivity index (χ3v) is 5.57. The first-order valence-corrected chi connectivity index (χ1v) is 8.86. The Bertz CT molecular complexity index is 604. The van der Waals surface area contributed by atoms with Crippen molar-refractivity contribution in [2.75, 3.05) is 31.5 Å². The van der Waals surface area contributed by atoms with Crippen LogP contribution in [-0.2, 0) is 12.8 Å². The average Bonchev–Trinajstić information content (AvgIpc) is 2.91. The second kappa shape index (κ2) is 6.71. The zero-order chi connectivity index (χ0) is 14.7. The highest BCUT2D eigenvalue weighted by Crippen LogP contribution is 2.37. The number of likely N-dealkylation sites (N-methyl/N-ethyl adjacent to an activating group) is 1. The summed E-state index contributed by atoms with van der Waals surface area (Å²) in [7, 11) is 0. The van der Waals surface area contributed by atoms with E-state index >= 15 is 0 Å². The van der Waals surface area contributed by atoms with Gasteiger partial charge in [0.05, 0.1) is 5.39 Å². The number of hydrogen-bond acceptors (Lipinski definition) is 5. The van der Waals surface area contributed by atoms with Crippen LogP contribution >= 0.6 is 11.3 Å². The molecule has 1 N–H and O–H groups in total. The van der Waals surface area contributed by atoms with Crippen LogP contribution in [-0.4, -0.2) is 41.0 Å². The summed E-state index contributed by atoms with van der Waals surface area (Å²) in [5, 5.41) is 4.83. The maximum atomic E-state index is 4.50. The smallest absolute Gasteiger partial charge is 0.138 e. The van der Waals surface area contributed by atoms with Crippen molar-refractivity contribution in [2.45, 2.75) is 39.5 Å². The van der Waals surface area contributed by atoms with Crippen LogP contribution in [0.25, 0.3) is 10.2 Å². The van der Waals surface area contributed by atoms with Crippen molar-refractivity contribution in [3.05, 3.63) is 16.8 Å². The van der Waals surface area contributed by atoms with Gasteiger partial charge < -0.3 is 10.2 Å². The Labute approximate surface area is 130 Å². The normalized spacial score (nSPS) is 14.6. The highest BCUT2D eigenvalue weighted by atomic mass is 32.1. The molecule has 0 fully saturated rings. The van der Waals surface area contributed by atoms with E-state index in [0.717, 1.165) is 36.8 Å².